The first-order chi connectivity index (χ1) is 13.7. The predicted molar refractivity (Wildman–Crippen MR) is 115 cm³/mol. The molecule has 0 aliphatic carbocycles. The summed E-state index contributed by atoms with van der Waals surface area (Å²) in [5, 5.41) is 4.58. The van der Waals surface area contributed by atoms with Crippen LogP contribution in [0.15, 0.2) is 35.3 Å². The van der Waals surface area contributed by atoms with Crippen molar-refractivity contribution in [3.63, 3.8) is 0 Å². The number of aliphatic imine (C=N–C) groups is 1. The van der Waals surface area contributed by atoms with Gasteiger partial charge < -0.3 is 19.7 Å². The topological polar surface area (TPSA) is 59.0 Å². The standard InChI is InChI=1S/C21H30N4O2S/c1-16-19(28-20(24-16)18-7-5-4-6-8-18)13-23-21(22-2)25-10-9-17(14-25)15-27-12-11-26-3/h4-8,17H,9-15H2,1-3H3,(H,22,23). The van der Waals surface area contributed by atoms with Gasteiger partial charge in [0.1, 0.15) is 5.01 Å². The highest BCUT2D eigenvalue weighted by Crippen LogP contribution is 2.27. The molecule has 0 amide bonds. The fourth-order valence-corrected chi connectivity index (χ4v) is 4.35. The Bertz CT molecular complexity index is 763. The lowest BCUT2D eigenvalue weighted by atomic mass is 10.1. The number of aromatic nitrogens is 1. The second kappa shape index (κ2) is 10.5. The lowest BCUT2D eigenvalue weighted by molar-refractivity contribution is 0.0536. The number of thiazole rings is 1. The summed E-state index contributed by atoms with van der Waals surface area (Å²) in [6, 6.07) is 10.3. The Labute approximate surface area is 171 Å². The third-order valence-electron chi connectivity index (χ3n) is 4.90. The fraction of sp³-hybridized carbons (Fsp3) is 0.524. The first-order valence-corrected chi connectivity index (χ1v) is 10.6. The van der Waals surface area contributed by atoms with Gasteiger partial charge in [0, 0.05) is 43.6 Å². The van der Waals surface area contributed by atoms with Crippen molar-refractivity contribution in [2.75, 3.05) is 47.1 Å². The van der Waals surface area contributed by atoms with E-state index in [0.717, 1.165) is 49.3 Å². The summed E-state index contributed by atoms with van der Waals surface area (Å²) in [5.41, 5.74) is 2.25. The number of hydrogen-bond donors (Lipinski definition) is 1. The molecule has 1 N–H and O–H groups in total. The zero-order valence-corrected chi connectivity index (χ0v) is 17.8. The van der Waals surface area contributed by atoms with E-state index in [2.05, 4.69) is 46.4 Å². The summed E-state index contributed by atoms with van der Waals surface area (Å²) in [7, 11) is 3.55. The SMILES string of the molecule is CN=C(NCc1sc(-c2ccccc2)nc1C)N1CCC(COCCOC)C1. The van der Waals surface area contributed by atoms with Crippen molar-refractivity contribution in [1.82, 2.24) is 15.2 Å². The van der Waals surface area contributed by atoms with Crippen LogP contribution in [0.25, 0.3) is 10.6 Å². The third-order valence-corrected chi connectivity index (χ3v) is 6.11. The maximum Gasteiger partial charge on any atom is 0.193 e. The maximum atomic E-state index is 5.69. The van der Waals surface area contributed by atoms with Crippen LogP contribution in [0, 0.1) is 12.8 Å². The number of benzene rings is 1. The van der Waals surface area contributed by atoms with E-state index in [9.17, 15) is 0 Å². The normalized spacial score (nSPS) is 17.3. The van der Waals surface area contributed by atoms with Crippen LogP contribution in [-0.4, -0.2) is 62.9 Å². The third kappa shape index (κ3) is 5.53. The van der Waals surface area contributed by atoms with E-state index >= 15 is 0 Å². The lowest BCUT2D eigenvalue weighted by Gasteiger charge is -2.21. The molecular weight excluding hydrogens is 372 g/mol. The van der Waals surface area contributed by atoms with Crippen LogP contribution in [0.2, 0.25) is 0 Å². The average Bonchev–Trinajstić information content (AvgIpc) is 3.34. The molecule has 0 spiro atoms. The molecule has 7 heteroatoms. The van der Waals surface area contributed by atoms with Gasteiger partial charge in [0.05, 0.1) is 32.1 Å². The van der Waals surface area contributed by atoms with Gasteiger partial charge in [-0.15, -0.1) is 11.3 Å². The second-order valence-electron chi connectivity index (χ2n) is 6.96. The lowest BCUT2D eigenvalue weighted by Crippen LogP contribution is -2.39. The highest BCUT2D eigenvalue weighted by Gasteiger charge is 2.25. The number of ether oxygens (including phenoxy) is 2. The van der Waals surface area contributed by atoms with Crippen LogP contribution < -0.4 is 5.32 Å². The molecule has 0 bridgehead atoms. The zero-order valence-electron chi connectivity index (χ0n) is 17.0. The summed E-state index contributed by atoms with van der Waals surface area (Å²) >= 11 is 1.74. The van der Waals surface area contributed by atoms with E-state index in [1.807, 2.05) is 13.1 Å². The Balaban J connectivity index is 1.52. The van der Waals surface area contributed by atoms with Crippen molar-refractivity contribution in [3.05, 3.63) is 40.9 Å². The van der Waals surface area contributed by atoms with Crippen LogP contribution in [0.1, 0.15) is 17.0 Å². The highest BCUT2D eigenvalue weighted by atomic mass is 32.1. The van der Waals surface area contributed by atoms with Gasteiger partial charge in [-0.1, -0.05) is 30.3 Å². The Morgan fingerprint density at radius 3 is 2.89 bits per heavy atom. The number of nitrogens with one attached hydrogen (secondary N) is 1. The van der Waals surface area contributed by atoms with Crippen molar-refractivity contribution < 1.29 is 9.47 Å². The number of hydrogen-bond acceptors (Lipinski definition) is 5. The minimum atomic E-state index is 0.547. The molecule has 152 valence electrons. The molecule has 1 aliphatic heterocycles. The molecule has 2 aromatic rings. The van der Waals surface area contributed by atoms with Crippen molar-refractivity contribution >= 4 is 17.3 Å². The number of rotatable bonds is 8. The van der Waals surface area contributed by atoms with E-state index in [1.165, 1.54) is 10.4 Å². The summed E-state index contributed by atoms with van der Waals surface area (Å²) in [6.45, 7) is 6.90. The molecule has 28 heavy (non-hydrogen) atoms. The van der Waals surface area contributed by atoms with E-state index in [1.54, 1.807) is 18.4 Å². The Kier molecular flexibility index (Phi) is 7.82. The molecule has 1 aliphatic rings. The quantitative estimate of drug-likeness (QED) is 0.417. The summed E-state index contributed by atoms with van der Waals surface area (Å²) in [6.07, 6.45) is 1.13. The van der Waals surface area contributed by atoms with Crippen LogP contribution in [0.5, 0.6) is 0 Å². The van der Waals surface area contributed by atoms with Gasteiger partial charge in [0.25, 0.3) is 0 Å². The molecule has 1 aromatic carbocycles. The van der Waals surface area contributed by atoms with E-state index in [0.29, 0.717) is 19.1 Å². The molecule has 0 radical (unpaired) electrons. The number of aryl methyl sites for hydroxylation is 1. The van der Waals surface area contributed by atoms with Crippen LogP contribution in [-0.2, 0) is 16.0 Å². The number of nitrogens with zero attached hydrogens (tertiary/aromatic N) is 3. The van der Waals surface area contributed by atoms with Crippen LogP contribution in [0.3, 0.4) is 0 Å². The van der Waals surface area contributed by atoms with Crippen molar-refractivity contribution in [2.45, 2.75) is 19.9 Å². The molecule has 3 rings (SSSR count). The Hall–Kier alpha value is -1.96. The van der Waals surface area contributed by atoms with E-state index in [-0.39, 0.29) is 0 Å². The van der Waals surface area contributed by atoms with Crippen LogP contribution in [0.4, 0.5) is 0 Å². The maximum absolute atomic E-state index is 5.69. The van der Waals surface area contributed by atoms with Gasteiger partial charge in [-0.2, -0.15) is 0 Å². The van der Waals surface area contributed by atoms with Gasteiger partial charge in [0.15, 0.2) is 5.96 Å². The zero-order chi connectivity index (χ0) is 19.8. The smallest absolute Gasteiger partial charge is 0.193 e. The summed E-state index contributed by atoms with van der Waals surface area (Å²) in [5.74, 6) is 1.50. The largest absolute Gasteiger partial charge is 0.382 e. The second-order valence-corrected chi connectivity index (χ2v) is 8.05. The Morgan fingerprint density at radius 2 is 2.14 bits per heavy atom. The van der Waals surface area contributed by atoms with Crippen molar-refractivity contribution in [2.24, 2.45) is 10.9 Å². The molecular formula is C21H30N4O2S. The molecule has 0 saturated carbocycles. The highest BCUT2D eigenvalue weighted by molar-refractivity contribution is 7.15. The van der Waals surface area contributed by atoms with Gasteiger partial charge in [-0.05, 0) is 13.3 Å². The van der Waals surface area contributed by atoms with E-state index < -0.39 is 0 Å². The van der Waals surface area contributed by atoms with Gasteiger partial charge in [0.2, 0.25) is 0 Å². The molecule has 1 unspecified atom stereocenters. The monoisotopic (exact) mass is 402 g/mol. The molecule has 2 heterocycles. The first kappa shape index (κ1) is 20.8. The predicted octanol–water partition coefficient (Wildman–Crippen LogP) is 3.18. The van der Waals surface area contributed by atoms with E-state index in [4.69, 9.17) is 14.5 Å². The Morgan fingerprint density at radius 1 is 1.32 bits per heavy atom. The number of methoxy groups -OCH3 is 1. The minimum absolute atomic E-state index is 0.547. The molecule has 1 saturated heterocycles. The molecule has 6 nitrogen and oxygen atoms in total. The minimum Gasteiger partial charge on any atom is -0.382 e. The molecule has 1 atom stereocenters. The van der Waals surface area contributed by atoms with Crippen molar-refractivity contribution in [3.8, 4) is 10.6 Å². The number of likely N-dealkylation sites (tertiary alicyclic amines) is 1. The first-order valence-electron chi connectivity index (χ1n) is 9.75. The number of guanidine groups is 1. The van der Waals surface area contributed by atoms with Gasteiger partial charge >= 0.3 is 0 Å². The fourth-order valence-electron chi connectivity index (χ4n) is 3.34. The van der Waals surface area contributed by atoms with Crippen molar-refractivity contribution in [1.29, 1.82) is 0 Å². The van der Waals surface area contributed by atoms with Gasteiger partial charge in [-0.25, -0.2) is 4.98 Å². The van der Waals surface area contributed by atoms with Gasteiger partial charge in [-0.3, -0.25) is 4.99 Å². The average molecular weight is 403 g/mol. The molecule has 1 fully saturated rings. The van der Waals surface area contributed by atoms with Crippen LogP contribution >= 0.6 is 11.3 Å². The summed E-state index contributed by atoms with van der Waals surface area (Å²) in [4.78, 5) is 12.8. The summed E-state index contributed by atoms with van der Waals surface area (Å²) < 4.78 is 10.7. The molecule has 1 aromatic heterocycles.